The molecule has 1 aromatic carbocycles. The van der Waals surface area contributed by atoms with Gasteiger partial charge in [-0.1, -0.05) is 124 Å². The highest BCUT2D eigenvalue weighted by Gasteiger charge is 2.21. The van der Waals surface area contributed by atoms with E-state index in [1.165, 1.54) is 70.6 Å². The summed E-state index contributed by atoms with van der Waals surface area (Å²) in [6.45, 7) is 11.7. The van der Waals surface area contributed by atoms with Gasteiger partial charge in [0.25, 0.3) is 0 Å². The second-order valence-electron chi connectivity index (χ2n) is 10.4. The predicted octanol–water partition coefficient (Wildman–Crippen LogP) is 8.69. The molecule has 0 spiro atoms. The Morgan fingerprint density at radius 3 is 1.85 bits per heavy atom. The Morgan fingerprint density at radius 1 is 0.706 bits per heavy atom. The highest BCUT2D eigenvalue weighted by molar-refractivity contribution is 5.78. The average Bonchev–Trinajstić information content (AvgIpc) is 2.80. The van der Waals surface area contributed by atoms with E-state index in [9.17, 15) is 9.59 Å². The van der Waals surface area contributed by atoms with Crippen LogP contribution in [0.2, 0.25) is 0 Å². The largest absolute Gasteiger partial charge is 0.422 e. The number of unbranched alkanes of at least 4 members (excludes halogenated alkanes) is 7. The fraction of sp³-hybridized carbons (Fsp3) is 0.733. The molecule has 0 fully saturated rings. The third kappa shape index (κ3) is 12.0. The van der Waals surface area contributed by atoms with Crippen molar-refractivity contribution in [1.82, 2.24) is 0 Å². The molecule has 0 saturated heterocycles. The van der Waals surface area contributed by atoms with Crippen LogP contribution in [0.1, 0.15) is 124 Å². The molecular formula is C30H50O4. The van der Waals surface area contributed by atoms with Crippen molar-refractivity contribution in [1.29, 1.82) is 0 Å². The van der Waals surface area contributed by atoms with Crippen molar-refractivity contribution in [2.75, 3.05) is 0 Å². The SMILES string of the molecule is CCCCCCCCC(CCCCC)CCc1cccc(OC(=O)C(C)C)c1OC(=O)C(C)C. The van der Waals surface area contributed by atoms with Crippen LogP contribution in [0.4, 0.5) is 0 Å². The van der Waals surface area contributed by atoms with Gasteiger partial charge < -0.3 is 9.47 Å². The third-order valence-electron chi connectivity index (χ3n) is 6.42. The first-order valence-corrected chi connectivity index (χ1v) is 13.8. The van der Waals surface area contributed by atoms with Gasteiger partial charge in [-0.3, -0.25) is 9.59 Å². The number of ether oxygens (including phenoxy) is 2. The maximum absolute atomic E-state index is 12.4. The molecule has 194 valence electrons. The molecule has 4 nitrogen and oxygen atoms in total. The van der Waals surface area contributed by atoms with E-state index in [-0.39, 0.29) is 23.8 Å². The lowest BCUT2D eigenvalue weighted by molar-refractivity contribution is -0.140. The summed E-state index contributed by atoms with van der Waals surface area (Å²) in [5, 5.41) is 0. The average molecular weight is 475 g/mol. The lowest BCUT2D eigenvalue weighted by atomic mass is 9.89. The molecular weight excluding hydrogens is 424 g/mol. The molecule has 0 amide bonds. The van der Waals surface area contributed by atoms with Crippen molar-refractivity contribution in [3.63, 3.8) is 0 Å². The van der Waals surface area contributed by atoms with Crippen LogP contribution in [-0.2, 0) is 16.0 Å². The Morgan fingerprint density at radius 2 is 1.24 bits per heavy atom. The van der Waals surface area contributed by atoms with Gasteiger partial charge in [-0.2, -0.15) is 0 Å². The Balaban J connectivity index is 2.92. The molecule has 34 heavy (non-hydrogen) atoms. The number of para-hydroxylation sites is 1. The van der Waals surface area contributed by atoms with Crippen LogP contribution in [0.5, 0.6) is 11.5 Å². The molecule has 0 N–H and O–H groups in total. The van der Waals surface area contributed by atoms with Crippen LogP contribution in [0.25, 0.3) is 0 Å². The van der Waals surface area contributed by atoms with E-state index >= 15 is 0 Å². The standard InChI is InChI=1S/C30H50O4/c1-7-9-11-12-13-15-18-25(17-14-10-8-2)21-22-26-19-16-20-27(33-29(31)23(3)4)28(26)34-30(32)24(5)6/h16,19-20,23-25H,7-15,17-18,21-22H2,1-6H3. The van der Waals surface area contributed by atoms with Gasteiger partial charge in [-0.05, 0) is 30.4 Å². The molecule has 0 bridgehead atoms. The highest BCUT2D eigenvalue weighted by atomic mass is 16.6. The van der Waals surface area contributed by atoms with Crippen molar-refractivity contribution in [3.8, 4) is 11.5 Å². The Labute approximate surface area is 209 Å². The maximum atomic E-state index is 12.4. The van der Waals surface area contributed by atoms with E-state index in [0.29, 0.717) is 17.4 Å². The molecule has 0 radical (unpaired) electrons. The molecule has 1 atom stereocenters. The topological polar surface area (TPSA) is 52.6 Å². The van der Waals surface area contributed by atoms with Gasteiger partial charge in [-0.15, -0.1) is 0 Å². The van der Waals surface area contributed by atoms with Crippen LogP contribution in [-0.4, -0.2) is 11.9 Å². The number of esters is 2. The van der Waals surface area contributed by atoms with E-state index < -0.39 is 0 Å². The van der Waals surface area contributed by atoms with Gasteiger partial charge in [0, 0.05) is 0 Å². The normalized spacial score (nSPS) is 12.2. The number of hydrogen-bond donors (Lipinski definition) is 0. The van der Waals surface area contributed by atoms with E-state index in [0.717, 1.165) is 18.4 Å². The van der Waals surface area contributed by atoms with Crippen LogP contribution < -0.4 is 9.47 Å². The molecule has 1 rings (SSSR count). The number of rotatable bonds is 18. The van der Waals surface area contributed by atoms with Gasteiger partial charge in [0.1, 0.15) is 0 Å². The predicted molar refractivity (Wildman–Crippen MR) is 141 cm³/mol. The quantitative estimate of drug-likeness (QED) is 0.121. The first-order valence-electron chi connectivity index (χ1n) is 13.8. The van der Waals surface area contributed by atoms with Crippen LogP contribution in [0.15, 0.2) is 18.2 Å². The lowest BCUT2D eigenvalue weighted by Gasteiger charge is -2.20. The molecule has 0 saturated carbocycles. The van der Waals surface area contributed by atoms with Gasteiger partial charge >= 0.3 is 11.9 Å². The fourth-order valence-corrected chi connectivity index (χ4v) is 4.09. The summed E-state index contributed by atoms with van der Waals surface area (Å²) in [5.41, 5.74) is 0.950. The zero-order valence-corrected chi connectivity index (χ0v) is 22.8. The first-order chi connectivity index (χ1) is 16.3. The second kappa shape index (κ2) is 17.6. The summed E-state index contributed by atoms with van der Waals surface area (Å²) in [7, 11) is 0. The summed E-state index contributed by atoms with van der Waals surface area (Å²) in [5.74, 6) is 0.313. The molecule has 0 aliphatic heterocycles. The second-order valence-corrected chi connectivity index (χ2v) is 10.4. The molecule has 1 unspecified atom stereocenters. The van der Waals surface area contributed by atoms with E-state index in [1.807, 2.05) is 26.0 Å². The zero-order valence-electron chi connectivity index (χ0n) is 22.8. The third-order valence-corrected chi connectivity index (χ3v) is 6.42. The van der Waals surface area contributed by atoms with Crippen LogP contribution in [0, 0.1) is 17.8 Å². The maximum Gasteiger partial charge on any atom is 0.313 e. The minimum absolute atomic E-state index is 0.252. The lowest BCUT2D eigenvalue weighted by Crippen LogP contribution is -2.19. The van der Waals surface area contributed by atoms with Crippen molar-refractivity contribution >= 4 is 11.9 Å². The number of hydrogen-bond acceptors (Lipinski definition) is 4. The summed E-state index contributed by atoms with van der Waals surface area (Å²) in [4.78, 5) is 24.7. The molecule has 0 aliphatic rings. The minimum Gasteiger partial charge on any atom is -0.422 e. The first kappa shape index (κ1) is 30.2. The summed E-state index contributed by atoms with van der Waals surface area (Å²) < 4.78 is 11.4. The number of carbonyl (C=O) groups excluding carboxylic acids is 2. The molecule has 0 heterocycles. The molecule has 4 heteroatoms. The number of benzene rings is 1. The van der Waals surface area contributed by atoms with E-state index in [4.69, 9.17) is 9.47 Å². The van der Waals surface area contributed by atoms with Crippen molar-refractivity contribution in [3.05, 3.63) is 23.8 Å². The number of aryl methyl sites for hydroxylation is 1. The van der Waals surface area contributed by atoms with Gasteiger partial charge in [0.05, 0.1) is 11.8 Å². The van der Waals surface area contributed by atoms with Gasteiger partial charge in [0.2, 0.25) is 0 Å². The Hall–Kier alpha value is -1.84. The molecule has 0 aliphatic carbocycles. The summed E-state index contributed by atoms with van der Waals surface area (Å²) in [6, 6.07) is 5.62. The van der Waals surface area contributed by atoms with Crippen molar-refractivity contribution < 1.29 is 19.1 Å². The molecule has 1 aromatic rings. The van der Waals surface area contributed by atoms with Gasteiger partial charge in [-0.25, -0.2) is 0 Å². The zero-order chi connectivity index (χ0) is 25.3. The molecule has 0 aromatic heterocycles. The Bertz CT molecular complexity index is 708. The monoisotopic (exact) mass is 474 g/mol. The van der Waals surface area contributed by atoms with Crippen molar-refractivity contribution in [2.24, 2.45) is 17.8 Å². The van der Waals surface area contributed by atoms with Crippen LogP contribution >= 0.6 is 0 Å². The minimum atomic E-state index is -0.320. The Kier molecular flexibility index (Phi) is 15.6. The summed E-state index contributed by atoms with van der Waals surface area (Å²) in [6.07, 6.45) is 16.1. The highest BCUT2D eigenvalue weighted by Crippen LogP contribution is 2.35. The van der Waals surface area contributed by atoms with E-state index in [2.05, 4.69) is 13.8 Å². The summed E-state index contributed by atoms with van der Waals surface area (Å²) >= 11 is 0. The fourth-order valence-electron chi connectivity index (χ4n) is 4.09. The van der Waals surface area contributed by atoms with Crippen LogP contribution in [0.3, 0.4) is 0 Å². The van der Waals surface area contributed by atoms with Crippen molar-refractivity contribution in [2.45, 2.75) is 125 Å². The number of carbonyl (C=O) groups is 2. The smallest absolute Gasteiger partial charge is 0.313 e. The van der Waals surface area contributed by atoms with E-state index in [1.54, 1.807) is 19.9 Å². The van der Waals surface area contributed by atoms with Gasteiger partial charge in [0.15, 0.2) is 11.5 Å².